The molecule has 0 saturated carbocycles. The average molecular weight is 454 g/mol. The van der Waals surface area contributed by atoms with E-state index in [-0.39, 0.29) is 11.5 Å². The average Bonchev–Trinajstić information content (AvgIpc) is 2.80. The Morgan fingerprint density at radius 1 is 1.12 bits per heavy atom. The zero-order valence-corrected chi connectivity index (χ0v) is 19.4. The Morgan fingerprint density at radius 3 is 2.47 bits per heavy atom. The summed E-state index contributed by atoms with van der Waals surface area (Å²) in [6, 6.07) is 15.0. The second kappa shape index (κ2) is 10.9. The van der Waals surface area contributed by atoms with Gasteiger partial charge in [-0.3, -0.25) is 9.59 Å². The van der Waals surface area contributed by atoms with E-state index in [2.05, 4.69) is 15.3 Å². The van der Waals surface area contributed by atoms with E-state index in [0.29, 0.717) is 46.4 Å². The van der Waals surface area contributed by atoms with E-state index in [1.807, 2.05) is 44.2 Å². The lowest BCUT2D eigenvalue weighted by Crippen LogP contribution is -2.26. The van der Waals surface area contributed by atoms with E-state index in [0.717, 1.165) is 5.56 Å². The number of thioether (sulfide) groups is 1. The molecule has 0 saturated heterocycles. The van der Waals surface area contributed by atoms with Crippen LogP contribution in [-0.4, -0.2) is 35.3 Å². The molecule has 0 spiro atoms. The molecule has 1 amide bonds. The Kier molecular flexibility index (Phi) is 7.94. The van der Waals surface area contributed by atoms with Gasteiger partial charge in [-0.15, -0.1) is 0 Å². The summed E-state index contributed by atoms with van der Waals surface area (Å²) in [6.45, 7) is 3.74. The second-order valence-electron chi connectivity index (χ2n) is 7.17. The molecule has 0 bridgehead atoms. The summed E-state index contributed by atoms with van der Waals surface area (Å²) in [5.41, 5.74) is 2.75. The molecule has 1 heterocycles. The number of anilines is 1. The summed E-state index contributed by atoms with van der Waals surface area (Å²) in [4.78, 5) is 32.9. The first-order valence-corrected chi connectivity index (χ1v) is 11.2. The van der Waals surface area contributed by atoms with Crippen molar-refractivity contribution in [3.8, 4) is 11.5 Å². The molecule has 0 radical (unpaired) electrons. The number of benzene rings is 2. The molecule has 2 aromatic carbocycles. The largest absolute Gasteiger partial charge is 0.493 e. The van der Waals surface area contributed by atoms with E-state index in [4.69, 9.17) is 9.47 Å². The first-order chi connectivity index (χ1) is 15.4. The fraction of sp³-hybridized carbons (Fsp3) is 0.292. The van der Waals surface area contributed by atoms with Gasteiger partial charge in [0.05, 0.1) is 19.5 Å². The topological polar surface area (TPSA) is 93.3 Å². The van der Waals surface area contributed by atoms with Gasteiger partial charge in [-0.25, -0.2) is 4.98 Å². The number of carbonyl (C=O) groups is 1. The molecule has 1 atom stereocenters. The van der Waals surface area contributed by atoms with Gasteiger partial charge in [-0.1, -0.05) is 49.0 Å². The number of methoxy groups -OCH3 is 2. The summed E-state index contributed by atoms with van der Waals surface area (Å²) in [5.74, 6) is 0.930. The van der Waals surface area contributed by atoms with E-state index in [1.54, 1.807) is 32.4 Å². The molecular formula is C24H27N3O4S. The summed E-state index contributed by atoms with van der Waals surface area (Å²) < 4.78 is 10.5. The molecule has 8 heteroatoms. The van der Waals surface area contributed by atoms with Crippen molar-refractivity contribution in [3.05, 3.63) is 75.7 Å². The van der Waals surface area contributed by atoms with Gasteiger partial charge in [0.1, 0.15) is 0 Å². The predicted octanol–water partition coefficient (Wildman–Crippen LogP) is 4.20. The number of aryl methyl sites for hydroxylation is 1. The van der Waals surface area contributed by atoms with Crippen LogP contribution >= 0.6 is 11.8 Å². The van der Waals surface area contributed by atoms with Crippen molar-refractivity contribution in [3.63, 3.8) is 0 Å². The molecule has 0 aliphatic carbocycles. The second-order valence-corrected chi connectivity index (χ2v) is 8.36. The number of rotatable bonds is 9. The number of hydrogen-bond acceptors (Lipinski definition) is 6. The first-order valence-electron chi connectivity index (χ1n) is 10.3. The highest BCUT2D eigenvalue weighted by atomic mass is 32.2. The lowest BCUT2D eigenvalue weighted by atomic mass is 10.1. The lowest BCUT2D eigenvalue weighted by molar-refractivity contribution is -0.115. The molecule has 2 N–H and O–H groups in total. The third-order valence-corrected chi connectivity index (χ3v) is 6.24. The molecule has 0 aliphatic rings. The van der Waals surface area contributed by atoms with Crippen molar-refractivity contribution in [1.82, 2.24) is 9.97 Å². The SMILES string of the molecule is CCC(Sc1nc(C)c(Cc2ccccc2)c(=O)[nH]1)C(=O)Nc1ccc(OC)c(OC)c1. The van der Waals surface area contributed by atoms with Crippen LogP contribution in [0.3, 0.4) is 0 Å². The molecule has 32 heavy (non-hydrogen) atoms. The predicted molar refractivity (Wildman–Crippen MR) is 127 cm³/mol. The molecule has 168 valence electrons. The quantitative estimate of drug-likeness (QED) is 0.373. The Bertz CT molecular complexity index is 1130. The molecular weight excluding hydrogens is 426 g/mol. The van der Waals surface area contributed by atoms with E-state index >= 15 is 0 Å². The van der Waals surface area contributed by atoms with E-state index < -0.39 is 5.25 Å². The summed E-state index contributed by atoms with van der Waals surface area (Å²) >= 11 is 1.24. The standard InChI is InChI=1S/C24H27N3O4S/c1-5-21(23(29)26-17-11-12-19(30-3)20(14-17)31-4)32-24-25-15(2)18(22(28)27-24)13-16-9-7-6-8-10-16/h6-12,14,21H,5,13H2,1-4H3,(H,26,29)(H,25,27,28). The molecule has 1 unspecified atom stereocenters. The monoisotopic (exact) mass is 453 g/mol. The summed E-state index contributed by atoms with van der Waals surface area (Å²) in [5, 5.41) is 2.90. The van der Waals surface area contributed by atoms with Crippen molar-refractivity contribution < 1.29 is 14.3 Å². The van der Waals surface area contributed by atoms with Crippen LogP contribution in [0.15, 0.2) is 58.5 Å². The first kappa shape index (κ1) is 23.4. The molecule has 0 aliphatic heterocycles. The number of nitrogens with zero attached hydrogens (tertiary/aromatic N) is 1. The number of aromatic amines is 1. The van der Waals surface area contributed by atoms with Crippen LogP contribution in [0.2, 0.25) is 0 Å². The minimum atomic E-state index is -0.425. The minimum absolute atomic E-state index is 0.181. The third-order valence-electron chi connectivity index (χ3n) is 4.99. The highest BCUT2D eigenvalue weighted by molar-refractivity contribution is 8.00. The minimum Gasteiger partial charge on any atom is -0.493 e. The van der Waals surface area contributed by atoms with Crippen molar-refractivity contribution in [1.29, 1.82) is 0 Å². The normalized spacial score (nSPS) is 11.6. The Hall–Kier alpha value is -3.26. The number of hydrogen-bond donors (Lipinski definition) is 2. The van der Waals surface area contributed by atoms with Gasteiger partial charge in [0.2, 0.25) is 5.91 Å². The van der Waals surface area contributed by atoms with E-state index in [9.17, 15) is 9.59 Å². The van der Waals surface area contributed by atoms with Crippen LogP contribution in [0.4, 0.5) is 5.69 Å². The van der Waals surface area contributed by atoms with Gasteiger partial charge in [0.25, 0.3) is 5.56 Å². The molecule has 3 rings (SSSR count). The van der Waals surface area contributed by atoms with Crippen molar-refractivity contribution in [2.75, 3.05) is 19.5 Å². The van der Waals surface area contributed by atoms with Crippen molar-refractivity contribution >= 4 is 23.4 Å². The fourth-order valence-electron chi connectivity index (χ4n) is 3.24. The molecule has 1 aromatic heterocycles. The van der Waals surface area contributed by atoms with Gasteiger partial charge in [-0.05, 0) is 31.0 Å². The zero-order chi connectivity index (χ0) is 23.1. The van der Waals surface area contributed by atoms with Crippen LogP contribution in [0.1, 0.15) is 30.2 Å². The van der Waals surface area contributed by atoms with Crippen LogP contribution in [0.5, 0.6) is 11.5 Å². The van der Waals surface area contributed by atoms with Gasteiger partial charge in [-0.2, -0.15) is 0 Å². The highest BCUT2D eigenvalue weighted by Gasteiger charge is 2.21. The van der Waals surface area contributed by atoms with Gasteiger partial charge >= 0.3 is 0 Å². The van der Waals surface area contributed by atoms with Gasteiger partial charge in [0.15, 0.2) is 16.7 Å². The van der Waals surface area contributed by atoms with Crippen LogP contribution < -0.4 is 20.3 Å². The Balaban J connectivity index is 1.73. The number of carbonyl (C=O) groups excluding carboxylic acids is 1. The number of aromatic nitrogens is 2. The maximum atomic E-state index is 12.9. The van der Waals surface area contributed by atoms with Gasteiger partial charge in [0, 0.05) is 29.4 Å². The highest BCUT2D eigenvalue weighted by Crippen LogP contribution is 2.30. The maximum absolute atomic E-state index is 12.9. The molecule has 3 aromatic rings. The Morgan fingerprint density at radius 2 is 1.84 bits per heavy atom. The molecule has 0 fully saturated rings. The van der Waals surface area contributed by atoms with Gasteiger partial charge < -0.3 is 19.8 Å². The lowest BCUT2D eigenvalue weighted by Gasteiger charge is -2.16. The summed E-state index contributed by atoms with van der Waals surface area (Å²) in [7, 11) is 3.10. The third kappa shape index (κ3) is 5.70. The number of amides is 1. The van der Waals surface area contributed by atoms with Crippen LogP contribution in [0.25, 0.3) is 0 Å². The van der Waals surface area contributed by atoms with E-state index in [1.165, 1.54) is 11.8 Å². The smallest absolute Gasteiger partial charge is 0.255 e. The van der Waals surface area contributed by atoms with Crippen molar-refractivity contribution in [2.45, 2.75) is 37.1 Å². The zero-order valence-electron chi connectivity index (χ0n) is 18.6. The fourth-order valence-corrected chi connectivity index (χ4v) is 4.19. The van der Waals surface area contributed by atoms with Crippen LogP contribution in [-0.2, 0) is 11.2 Å². The van der Waals surface area contributed by atoms with Crippen LogP contribution in [0, 0.1) is 6.92 Å². The Labute approximate surface area is 191 Å². The number of ether oxygens (including phenoxy) is 2. The molecule has 7 nitrogen and oxygen atoms in total. The van der Waals surface area contributed by atoms with Crippen molar-refractivity contribution in [2.24, 2.45) is 0 Å². The number of H-pyrrole nitrogens is 1. The summed E-state index contributed by atoms with van der Waals surface area (Å²) in [6.07, 6.45) is 1.08. The maximum Gasteiger partial charge on any atom is 0.255 e. The number of nitrogens with one attached hydrogen (secondary N) is 2.